The highest BCUT2D eigenvalue weighted by Gasteiger charge is 2.04. The number of thiol groups is 1. The van der Waals surface area contributed by atoms with Crippen LogP contribution in [0.5, 0.6) is 5.75 Å². The van der Waals surface area contributed by atoms with E-state index in [-0.39, 0.29) is 10.9 Å². The number of thiocarbonyl (C=S) groups is 1. The molecule has 1 amide bonds. The summed E-state index contributed by atoms with van der Waals surface area (Å²) in [6.45, 7) is 0. The lowest BCUT2D eigenvalue weighted by molar-refractivity contribution is -0.384. The van der Waals surface area contributed by atoms with E-state index in [0.29, 0.717) is 5.75 Å². The van der Waals surface area contributed by atoms with Crippen molar-refractivity contribution in [2.24, 2.45) is 11.5 Å². The topological polar surface area (TPSA) is 121 Å². The van der Waals surface area contributed by atoms with Gasteiger partial charge >= 0.3 is 0 Å². The van der Waals surface area contributed by atoms with Crippen molar-refractivity contribution in [1.82, 2.24) is 0 Å². The fourth-order valence-electron chi connectivity index (χ4n) is 0.752. The summed E-state index contributed by atoms with van der Waals surface area (Å²) in [4.78, 5) is 18.8. The molecule has 9 heteroatoms. The van der Waals surface area contributed by atoms with Gasteiger partial charge in [-0.2, -0.15) is 0 Å². The number of carbonyl (C=O) groups excluding carboxylic acids is 1. The van der Waals surface area contributed by atoms with Crippen molar-refractivity contribution in [3.63, 3.8) is 0 Å². The van der Waals surface area contributed by atoms with Gasteiger partial charge in [-0.25, -0.2) is 0 Å². The number of carbonyl (C=O) groups is 1. The molecule has 1 aromatic rings. The van der Waals surface area contributed by atoms with Crippen LogP contribution in [0.25, 0.3) is 0 Å². The Balaban J connectivity index is 0.000000557. The zero-order chi connectivity index (χ0) is 13.4. The molecule has 0 bridgehead atoms. The summed E-state index contributed by atoms with van der Waals surface area (Å²) in [5.74, 6) is 0.387. The number of nitro benzene ring substituents is 1. The lowest BCUT2D eigenvalue weighted by Gasteiger charge is -2.00. The van der Waals surface area contributed by atoms with Crippen molar-refractivity contribution >= 4 is 40.9 Å². The molecule has 0 aliphatic rings. The fourth-order valence-corrected chi connectivity index (χ4v) is 0.848. The van der Waals surface area contributed by atoms with E-state index in [1.807, 2.05) is 0 Å². The van der Waals surface area contributed by atoms with Gasteiger partial charge in [0.05, 0.1) is 4.92 Å². The molecule has 0 aliphatic heterocycles. The fraction of sp³-hybridized carbons (Fsp3) is 0. The van der Waals surface area contributed by atoms with Crippen molar-refractivity contribution in [3.8, 4) is 5.75 Å². The maximum atomic E-state index is 10.2. The molecule has 4 N–H and O–H groups in total. The number of nitrogens with zero attached hydrogens (tertiary/aromatic N) is 1. The first-order valence-electron chi connectivity index (χ1n) is 4.03. The molecule has 0 unspecified atom stereocenters. The largest absolute Gasteiger partial charge is 0.432 e. The quantitative estimate of drug-likeness (QED) is 0.323. The molecule has 0 aliphatic carbocycles. The number of non-ortho nitro benzene ring substituents is 1. The summed E-state index contributed by atoms with van der Waals surface area (Å²) < 4.78 is 4.84. The number of rotatable bonds is 2. The van der Waals surface area contributed by atoms with Crippen molar-refractivity contribution in [2.45, 2.75) is 0 Å². The molecule has 0 radical (unpaired) electrons. The third kappa shape index (κ3) is 7.99. The Labute approximate surface area is 107 Å². The predicted molar refractivity (Wildman–Crippen MR) is 69.1 cm³/mol. The third-order valence-corrected chi connectivity index (χ3v) is 1.35. The summed E-state index contributed by atoms with van der Waals surface area (Å²) in [7, 11) is 0. The van der Waals surface area contributed by atoms with Crippen molar-refractivity contribution in [1.29, 1.82) is 0 Å². The number of nitro groups is 1. The number of nitrogens with two attached hydrogens (primary N) is 2. The van der Waals surface area contributed by atoms with Gasteiger partial charge in [-0.15, -0.1) is 0 Å². The predicted octanol–water partition coefficient (Wildman–Crippen LogP) is 1.21. The van der Waals surface area contributed by atoms with Crippen molar-refractivity contribution in [3.05, 3.63) is 34.4 Å². The second kappa shape index (κ2) is 7.41. The Kier molecular flexibility index (Phi) is 6.60. The molecule has 0 spiro atoms. The van der Waals surface area contributed by atoms with Crippen LogP contribution in [-0.4, -0.2) is 15.3 Å². The first-order chi connectivity index (χ1) is 7.82. The maximum Gasteiger partial charge on any atom is 0.273 e. The molecule has 7 nitrogen and oxygen atoms in total. The molecular weight excluding hydrogens is 266 g/mol. The Morgan fingerprint density at radius 1 is 1.35 bits per heavy atom. The van der Waals surface area contributed by atoms with Gasteiger partial charge in [0.1, 0.15) is 5.75 Å². The van der Waals surface area contributed by atoms with Crippen LogP contribution in [0.2, 0.25) is 0 Å². The minimum Gasteiger partial charge on any atom is -0.432 e. The van der Waals surface area contributed by atoms with E-state index in [1.165, 1.54) is 24.3 Å². The molecule has 0 heterocycles. The van der Waals surface area contributed by atoms with Crippen LogP contribution in [0.1, 0.15) is 0 Å². The van der Waals surface area contributed by atoms with Crippen LogP contribution in [0, 0.1) is 10.1 Å². The summed E-state index contributed by atoms with van der Waals surface area (Å²) in [6, 6.07) is 5.48. The molecule has 0 aromatic heterocycles. The lowest BCUT2D eigenvalue weighted by Crippen LogP contribution is -2.15. The first kappa shape index (κ1) is 15.1. The van der Waals surface area contributed by atoms with Gasteiger partial charge in [0.15, 0.2) is 0 Å². The first-order valence-corrected chi connectivity index (χ1v) is 4.88. The lowest BCUT2D eigenvalue weighted by atomic mass is 10.3. The molecule has 0 fully saturated rings. The standard InChI is InChI=1S/C7H6N2O3S.CH3NOS/c8-7(13)12-6-3-1-5(2-4-6)9(10)11;2-1(3)4/h1-4H,(H2,8,13);(H3,2,3,4). The SMILES string of the molecule is NC(=O)S.NC(=S)Oc1ccc([N+](=O)[O-])cc1. The van der Waals surface area contributed by atoms with Gasteiger partial charge in [-0.3, -0.25) is 14.9 Å². The normalized spacial score (nSPS) is 8.53. The van der Waals surface area contributed by atoms with E-state index < -0.39 is 10.2 Å². The number of primary amides is 1. The van der Waals surface area contributed by atoms with Gasteiger partial charge in [0, 0.05) is 12.1 Å². The van der Waals surface area contributed by atoms with Crippen LogP contribution in [0.15, 0.2) is 24.3 Å². The molecular formula is C8H9N3O4S2. The Morgan fingerprint density at radius 3 is 2.06 bits per heavy atom. The summed E-state index contributed by atoms with van der Waals surface area (Å²) in [5, 5.41) is 9.49. The summed E-state index contributed by atoms with van der Waals surface area (Å²) >= 11 is 7.59. The summed E-state index contributed by atoms with van der Waals surface area (Å²) in [5.41, 5.74) is 9.43. The second-order valence-corrected chi connectivity index (χ2v) is 3.35. The number of hydrogen-bond donors (Lipinski definition) is 3. The maximum absolute atomic E-state index is 10.2. The minimum atomic E-state index is -0.639. The smallest absolute Gasteiger partial charge is 0.273 e. The van der Waals surface area contributed by atoms with E-state index in [1.54, 1.807) is 0 Å². The summed E-state index contributed by atoms with van der Waals surface area (Å²) in [6.07, 6.45) is 0. The highest BCUT2D eigenvalue weighted by Crippen LogP contribution is 2.16. The van der Waals surface area contributed by atoms with Gasteiger partial charge in [-0.05, 0) is 24.4 Å². The molecule has 0 saturated carbocycles. The van der Waals surface area contributed by atoms with E-state index in [0.717, 1.165) is 0 Å². The zero-order valence-electron chi connectivity index (χ0n) is 8.40. The van der Waals surface area contributed by atoms with Gasteiger partial charge < -0.3 is 16.2 Å². The van der Waals surface area contributed by atoms with Crippen LogP contribution < -0.4 is 16.2 Å². The van der Waals surface area contributed by atoms with Gasteiger partial charge in [-0.1, -0.05) is 12.6 Å². The van der Waals surface area contributed by atoms with E-state index >= 15 is 0 Å². The average molecular weight is 275 g/mol. The second-order valence-electron chi connectivity index (χ2n) is 2.51. The van der Waals surface area contributed by atoms with Crippen LogP contribution in [0.4, 0.5) is 10.5 Å². The van der Waals surface area contributed by atoms with Gasteiger partial charge in [0.2, 0.25) is 0 Å². The highest BCUT2D eigenvalue weighted by molar-refractivity contribution is 7.96. The Hall–Kier alpha value is -1.87. The number of benzene rings is 1. The van der Waals surface area contributed by atoms with Crippen LogP contribution in [-0.2, 0) is 0 Å². The Morgan fingerprint density at radius 2 is 1.76 bits per heavy atom. The number of ether oxygens (including phenoxy) is 1. The monoisotopic (exact) mass is 275 g/mol. The molecule has 1 aromatic carbocycles. The molecule has 92 valence electrons. The average Bonchev–Trinajstić information content (AvgIpc) is 2.16. The van der Waals surface area contributed by atoms with Crippen LogP contribution in [0.3, 0.4) is 0 Å². The van der Waals surface area contributed by atoms with E-state index in [4.69, 9.17) is 15.3 Å². The Bertz CT molecular complexity index is 417. The minimum absolute atomic E-state index is 0.00436. The third-order valence-electron chi connectivity index (χ3n) is 1.27. The van der Waals surface area contributed by atoms with Crippen molar-refractivity contribution < 1.29 is 14.5 Å². The molecule has 17 heavy (non-hydrogen) atoms. The highest BCUT2D eigenvalue weighted by atomic mass is 32.1. The molecule has 0 saturated heterocycles. The van der Waals surface area contributed by atoms with E-state index in [9.17, 15) is 10.1 Å². The van der Waals surface area contributed by atoms with Crippen LogP contribution >= 0.6 is 24.8 Å². The zero-order valence-corrected chi connectivity index (χ0v) is 10.1. The van der Waals surface area contributed by atoms with Gasteiger partial charge in [0.25, 0.3) is 16.1 Å². The van der Waals surface area contributed by atoms with E-state index in [2.05, 4.69) is 30.6 Å². The molecule has 0 atom stereocenters. The van der Waals surface area contributed by atoms with Crippen molar-refractivity contribution in [2.75, 3.05) is 0 Å². The molecule has 1 rings (SSSR count). The number of hydrogen-bond acceptors (Lipinski definition) is 5. The number of amides is 1.